The second-order valence-corrected chi connectivity index (χ2v) is 5.83. The molecule has 0 atom stereocenters. The average Bonchev–Trinajstić information content (AvgIpc) is 2.97. The van der Waals surface area contributed by atoms with Gasteiger partial charge >= 0.3 is 0 Å². The zero-order valence-electron chi connectivity index (χ0n) is 11.3. The zero-order chi connectivity index (χ0) is 15.1. The number of aromatic amines is 1. The number of hydrogen-bond donors (Lipinski definition) is 1. The monoisotopic (exact) mass is 348 g/mol. The van der Waals surface area contributed by atoms with E-state index >= 15 is 0 Å². The first-order chi connectivity index (χ1) is 10.8. The number of imidazole rings is 1. The lowest BCUT2D eigenvalue weighted by Gasteiger charge is -2.01. The zero-order valence-corrected chi connectivity index (χ0v) is 12.9. The van der Waals surface area contributed by atoms with Gasteiger partial charge in [0.1, 0.15) is 17.4 Å². The second kappa shape index (κ2) is 4.93. The van der Waals surface area contributed by atoms with Crippen LogP contribution in [-0.4, -0.2) is 15.0 Å². The highest BCUT2D eigenvalue weighted by molar-refractivity contribution is 9.10. The summed E-state index contributed by atoms with van der Waals surface area (Å²) in [6.45, 7) is 0. The van der Waals surface area contributed by atoms with Crippen molar-refractivity contribution in [3.63, 3.8) is 0 Å². The summed E-state index contributed by atoms with van der Waals surface area (Å²) in [6, 6.07) is 17.8. The molecule has 22 heavy (non-hydrogen) atoms. The first-order valence-corrected chi connectivity index (χ1v) is 7.50. The van der Waals surface area contributed by atoms with Crippen LogP contribution < -0.4 is 0 Å². The minimum atomic E-state index is 0.560. The number of H-pyrrole nitrogens is 1. The molecule has 0 radical (unpaired) electrons. The molecule has 0 spiro atoms. The van der Waals surface area contributed by atoms with Crippen LogP contribution in [0.1, 0.15) is 5.56 Å². The fraction of sp³-hybridized carbons (Fsp3) is 0. The van der Waals surface area contributed by atoms with Crippen LogP contribution in [0.4, 0.5) is 0 Å². The average molecular weight is 349 g/mol. The minimum absolute atomic E-state index is 0.560. The standard InChI is InChI=1S/C17H9BrN4/c18-11-6-7-14-12(8-11)13(9-19)15-17(20-14)22-16(21-15)10-4-2-1-3-5-10/h1-8H,(H,20,21,22). The second-order valence-electron chi connectivity index (χ2n) is 4.91. The maximum atomic E-state index is 9.56. The highest BCUT2D eigenvalue weighted by atomic mass is 79.9. The summed E-state index contributed by atoms with van der Waals surface area (Å²) in [7, 11) is 0. The summed E-state index contributed by atoms with van der Waals surface area (Å²) in [5, 5.41) is 10.4. The number of nitrogens with one attached hydrogen (secondary N) is 1. The highest BCUT2D eigenvalue weighted by Crippen LogP contribution is 2.28. The quantitative estimate of drug-likeness (QED) is 0.553. The molecule has 1 N–H and O–H groups in total. The molecule has 5 heteroatoms. The normalized spacial score (nSPS) is 10.9. The van der Waals surface area contributed by atoms with Crippen molar-refractivity contribution in [3.8, 4) is 17.5 Å². The molecule has 4 aromatic rings. The summed E-state index contributed by atoms with van der Waals surface area (Å²) < 4.78 is 0.917. The van der Waals surface area contributed by atoms with Gasteiger partial charge in [0.25, 0.3) is 0 Å². The van der Waals surface area contributed by atoms with E-state index in [0.29, 0.717) is 22.6 Å². The Hall–Kier alpha value is -2.71. The van der Waals surface area contributed by atoms with Crippen molar-refractivity contribution in [1.29, 1.82) is 5.26 Å². The summed E-state index contributed by atoms with van der Waals surface area (Å²) >= 11 is 3.44. The third-order valence-electron chi connectivity index (χ3n) is 3.55. The van der Waals surface area contributed by atoms with E-state index in [-0.39, 0.29) is 0 Å². The molecule has 0 unspecified atom stereocenters. The van der Waals surface area contributed by atoms with Crippen LogP contribution in [0.3, 0.4) is 0 Å². The largest absolute Gasteiger partial charge is 0.335 e. The Kier molecular flexibility index (Phi) is 2.91. The molecule has 4 nitrogen and oxygen atoms in total. The van der Waals surface area contributed by atoms with E-state index in [1.54, 1.807) is 0 Å². The molecule has 2 aromatic carbocycles. The molecular weight excluding hydrogens is 340 g/mol. The molecular formula is C17H9BrN4. The third kappa shape index (κ3) is 1.97. The Labute approximate surface area is 134 Å². The van der Waals surface area contributed by atoms with Crippen molar-refractivity contribution in [1.82, 2.24) is 15.0 Å². The van der Waals surface area contributed by atoms with Gasteiger partial charge in [-0.2, -0.15) is 5.26 Å². The maximum absolute atomic E-state index is 9.56. The van der Waals surface area contributed by atoms with Crippen LogP contribution in [0, 0.1) is 11.3 Å². The number of aromatic nitrogens is 3. The number of pyridine rings is 1. The summed E-state index contributed by atoms with van der Waals surface area (Å²) in [5.41, 5.74) is 3.53. The topological polar surface area (TPSA) is 65.4 Å². The van der Waals surface area contributed by atoms with Crippen molar-refractivity contribution in [3.05, 3.63) is 58.6 Å². The van der Waals surface area contributed by atoms with Gasteiger partial charge in [0.2, 0.25) is 0 Å². The van der Waals surface area contributed by atoms with E-state index in [9.17, 15) is 5.26 Å². The number of nitrogens with zero attached hydrogens (tertiary/aromatic N) is 3. The number of fused-ring (bicyclic) bond motifs is 2. The van der Waals surface area contributed by atoms with Crippen molar-refractivity contribution in [2.75, 3.05) is 0 Å². The van der Waals surface area contributed by atoms with E-state index < -0.39 is 0 Å². The Morgan fingerprint density at radius 3 is 2.64 bits per heavy atom. The van der Waals surface area contributed by atoms with E-state index in [4.69, 9.17) is 0 Å². The first-order valence-electron chi connectivity index (χ1n) is 6.71. The van der Waals surface area contributed by atoms with Crippen LogP contribution in [0.2, 0.25) is 0 Å². The molecule has 0 aliphatic heterocycles. The van der Waals surface area contributed by atoms with Crippen LogP contribution in [0.15, 0.2) is 53.0 Å². The van der Waals surface area contributed by atoms with Crippen molar-refractivity contribution < 1.29 is 0 Å². The molecule has 0 bridgehead atoms. The van der Waals surface area contributed by atoms with Gasteiger partial charge in [-0.15, -0.1) is 0 Å². The Morgan fingerprint density at radius 1 is 1.05 bits per heavy atom. The Morgan fingerprint density at radius 2 is 1.86 bits per heavy atom. The summed E-state index contributed by atoms with van der Waals surface area (Å²) in [4.78, 5) is 12.3. The fourth-order valence-corrected chi connectivity index (χ4v) is 2.88. The maximum Gasteiger partial charge on any atom is 0.180 e. The third-order valence-corrected chi connectivity index (χ3v) is 4.04. The number of hydrogen-bond acceptors (Lipinski definition) is 3. The summed E-state index contributed by atoms with van der Waals surface area (Å²) in [5.74, 6) is 0.717. The van der Waals surface area contributed by atoms with Gasteiger partial charge < -0.3 is 4.98 Å². The molecule has 4 rings (SSSR count). The predicted molar refractivity (Wildman–Crippen MR) is 89.2 cm³/mol. The van der Waals surface area contributed by atoms with Gasteiger partial charge in [-0.05, 0) is 18.2 Å². The van der Waals surface area contributed by atoms with E-state index in [0.717, 1.165) is 20.9 Å². The van der Waals surface area contributed by atoms with E-state index in [1.807, 2.05) is 48.5 Å². The lowest BCUT2D eigenvalue weighted by Crippen LogP contribution is -1.87. The fourth-order valence-electron chi connectivity index (χ4n) is 2.52. The molecule has 0 aliphatic rings. The Balaban J connectivity index is 2.08. The molecule has 0 amide bonds. The minimum Gasteiger partial charge on any atom is -0.335 e. The van der Waals surface area contributed by atoms with Gasteiger partial charge in [0, 0.05) is 15.4 Å². The number of rotatable bonds is 1. The van der Waals surface area contributed by atoms with Gasteiger partial charge in [0.15, 0.2) is 5.65 Å². The highest BCUT2D eigenvalue weighted by Gasteiger charge is 2.14. The Bertz CT molecular complexity index is 1050. The molecule has 0 saturated heterocycles. The van der Waals surface area contributed by atoms with Gasteiger partial charge in [-0.3, -0.25) is 0 Å². The SMILES string of the molecule is N#Cc1c2cc(Br)ccc2nc2nc(-c3ccccc3)[nH]c12. The molecule has 2 heterocycles. The lowest BCUT2D eigenvalue weighted by molar-refractivity contribution is 1.31. The van der Waals surface area contributed by atoms with Gasteiger partial charge in [-0.1, -0.05) is 46.3 Å². The predicted octanol–water partition coefficient (Wildman–Crippen LogP) is 4.41. The molecule has 0 fully saturated rings. The number of benzene rings is 2. The van der Waals surface area contributed by atoms with Crippen molar-refractivity contribution >= 4 is 38.0 Å². The number of halogens is 1. The lowest BCUT2D eigenvalue weighted by atomic mass is 10.1. The van der Waals surface area contributed by atoms with Crippen LogP contribution in [0.25, 0.3) is 33.5 Å². The van der Waals surface area contributed by atoms with E-state index in [1.165, 1.54) is 0 Å². The smallest absolute Gasteiger partial charge is 0.180 e. The molecule has 104 valence electrons. The molecule has 2 aromatic heterocycles. The van der Waals surface area contributed by atoms with E-state index in [2.05, 4.69) is 37.0 Å². The van der Waals surface area contributed by atoms with Gasteiger partial charge in [-0.25, -0.2) is 9.97 Å². The summed E-state index contributed by atoms with van der Waals surface area (Å²) in [6.07, 6.45) is 0. The first kappa shape index (κ1) is 13.0. The van der Waals surface area contributed by atoms with Crippen LogP contribution in [0.5, 0.6) is 0 Å². The van der Waals surface area contributed by atoms with Crippen LogP contribution in [-0.2, 0) is 0 Å². The number of nitriles is 1. The molecule has 0 saturated carbocycles. The van der Waals surface area contributed by atoms with Crippen LogP contribution >= 0.6 is 15.9 Å². The van der Waals surface area contributed by atoms with Crippen molar-refractivity contribution in [2.24, 2.45) is 0 Å². The van der Waals surface area contributed by atoms with Crippen molar-refractivity contribution in [2.45, 2.75) is 0 Å². The molecule has 0 aliphatic carbocycles. The van der Waals surface area contributed by atoms with Gasteiger partial charge in [0.05, 0.1) is 11.1 Å².